The number of hydrogen-bond donors (Lipinski definition) is 1. The molecule has 3 fully saturated rings. The van der Waals surface area contributed by atoms with Crippen LogP contribution in [-0.2, 0) is 36.8 Å². The fourth-order valence-corrected chi connectivity index (χ4v) is 8.48. The molecular weight excluding hydrogens is 568 g/mol. The quantitative estimate of drug-likeness (QED) is 0.213. The lowest BCUT2D eigenvalue weighted by atomic mass is 9.85. The maximum absolute atomic E-state index is 14.6. The van der Waals surface area contributed by atoms with Gasteiger partial charge in [-0.05, 0) is 85.2 Å². The van der Waals surface area contributed by atoms with Crippen molar-refractivity contribution in [1.82, 2.24) is 10.2 Å². The van der Waals surface area contributed by atoms with E-state index < -0.39 is 35.7 Å². The van der Waals surface area contributed by atoms with Crippen molar-refractivity contribution in [3.8, 4) is 0 Å². The molecule has 7 atom stereocenters. The number of alkyl carbamates (subject to hydrolysis) is 1. The molecule has 8 nitrogen and oxygen atoms in total. The van der Waals surface area contributed by atoms with E-state index >= 15 is 0 Å². The van der Waals surface area contributed by atoms with Gasteiger partial charge in [0.25, 0.3) is 0 Å². The van der Waals surface area contributed by atoms with Gasteiger partial charge in [0.2, 0.25) is 11.7 Å². The number of rotatable bonds is 14. The van der Waals surface area contributed by atoms with E-state index in [4.69, 9.17) is 4.74 Å². The normalized spacial score (nSPS) is 27.6. The van der Waals surface area contributed by atoms with E-state index in [0.29, 0.717) is 38.6 Å². The number of likely N-dealkylation sites (tertiary alicyclic amines) is 1. The van der Waals surface area contributed by atoms with Crippen LogP contribution in [0.5, 0.6) is 0 Å². The van der Waals surface area contributed by atoms with Gasteiger partial charge in [-0.2, -0.15) is 0 Å². The number of carbonyl (C=O) groups is 5. The monoisotopic (exact) mass is 618 g/mol. The van der Waals surface area contributed by atoms with Crippen molar-refractivity contribution in [1.29, 1.82) is 0 Å². The maximum Gasteiger partial charge on any atom is 0.408 e. The molecule has 244 valence electrons. The first-order chi connectivity index (χ1) is 21.5. The molecule has 1 aliphatic heterocycles. The number of carbonyl (C=O) groups excluding carboxylic acids is 5. The van der Waals surface area contributed by atoms with Crippen LogP contribution in [0.1, 0.15) is 90.2 Å². The Morgan fingerprint density at radius 1 is 1.11 bits per heavy atom. The van der Waals surface area contributed by atoms with Gasteiger partial charge in [-0.25, -0.2) is 4.79 Å². The van der Waals surface area contributed by atoms with Crippen LogP contribution >= 0.6 is 0 Å². The van der Waals surface area contributed by atoms with Gasteiger partial charge in [-0.15, -0.1) is 6.58 Å². The van der Waals surface area contributed by atoms with Crippen LogP contribution in [0.4, 0.5) is 4.79 Å². The summed E-state index contributed by atoms with van der Waals surface area (Å²) in [6.45, 7) is 12.3. The summed E-state index contributed by atoms with van der Waals surface area (Å²) in [7, 11) is 0. The first-order valence-corrected chi connectivity index (χ1v) is 17.0. The molecule has 4 aliphatic rings. The Morgan fingerprint density at radius 3 is 2.40 bits per heavy atom. The van der Waals surface area contributed by atoms with Gasteiger partial charge in [0.05, 0.1) is 6.04 Å². The first-order valence-electron chi connectivity index (χ1n) is 17.0. The molecule has 3 aliphatic carbocycles. The first kappa shape index (κ1) is 33.1. The van der Waals surface area contributed by atoms with Crippen LogP contribution in [0.2, 0.25) is 0 Å². The fourth-order valence-electron chi connectivity index (χ4n) is 8.48. The van der Waals surface area contributed by atoms with E-state index in [0.717, 1.165) is 19.3 Å². The number of nitrogens with zero attached hydrogens (tertiary/aromatic N) is 1. The average molecular weight is 619 g/mol. The molecule has 0 aromatic heterocycles. The maximum atomic E-state index is 14.6. The second-order valence-corrected chi connectivity index (χ2v) is 14.6. The highest BCUT2D eigenvalue weighted by molar-refractivity contribution is 6.38. The number of ether oxygens (including phenoxy) is 1. The predicted octanol–water partition coefficient (Wildman–Crippen LogP) is 5.65. The molecule has 8 heteroatoms. The minimum atomic E-state index is -0.842. The fraction of sp³-hybridized carbons (Fsp3) is 0.649. The summed E-state index contributed by atoms with van der Waals surface area (Å²) in [4.78, 5) is 69.4. The summed E-state index contributed by atoms with van der Waals surface area (Å²) in [5.74, 6) is -1.83. The summed E-state index contributed by atoms with van der Waals surface area (Å²) in [6, 6.07) is 6.58. The Labute approximate surface area is 267 Å². The Bertz CT molecular complexity index is 1310. The summed E-state index contributed by atoms with van der Waals surface area (Å²) in [5.41, 5.74) is 2.23. The molecule has 1 unspecified atom stereocenters. The molecular formula is C37H50N2O6. The number of hydrogen-bond acceptors (Lipinski definition) is 6. The topological polar surface area (TPSA) is 110 Å². The lowest BCUT2D eigenvalue weighted by molar-refractivity contribution is -0.144. The standard InChI is InChI=1S/C37H50N2O6/c1-6-8-16-28(40)34(42)25(12-7-2)20-29(41)33-31-27(37(31,4)5)21-39(33)35(43)32(26-18-23-14-9-10-15-24(23)19-26)38-36(44)45-30-17-11-13-22(30)3/h6,9-10,14-15,22,25-27,30-33H,1,7-8,11-13,16-21H2,2-5H3,(H,38,44)/t22-,25?,27-,30-,31-,32-,33+/m0/s1. The molecule has 2 amide bonds. The molecule has 0 radical (unpaired) electrons. The van der Waals surface area contributed by atoms with Crippen LogP contribution < -0.4 is 5.32 Å². The number of ketones is 3. The highest BCUT2D eigenvalue weighted by atomic mass is 16.6. The molecule has 5 rings (SSSR count). The summed E-state index contributed by atoms with van der Waals surface area (Å²) >= 11 is 0. The van der Waals surface area contributed by atoms with Crippen LogP contribution in [0.3, 0.4) is 0 Å². The molecule has 1 aromatic rings. The third-order valence-electron chi connectivity index (χ3n) is 11.3. The molecule has 1 N–H and O–H groups in total. The third-order valence-corrected chi connectivity index (χ3v) is 11.3. The van der Waals surface area contributed by atoms with Crippen molar-refractivity contribution in [3.05, 3.63) is 48.0 Å². The van der Waals surface area contributed by atoms with Gasteiger partial charge >= 0.3 is 6.09 Å². The molecule has 45 heavy (non-hydrogen) atoms. The number of nitrogens with one attached hydrogen (secondary N) is 1. The van der Waals surface area contributed by atoms with Crippen molar-refractivity contribution in [2.75, 3.05) is 6.54 Å². The van der Waals surface area contributed by atoms with Crippen LogP contribution in [0.15, 0.2) is 36.9 Å². The molecule has 2 saturated carbocycles. The highest BCUT2D eigenvalue weighted by Crippen LogP contribution is 2.65. The third kappa shape index (κ3) is 6.80. The van der Waals surface area contributed by atoms with E-state index in [2.05, 4.69) is 44.8 Å². The van der Waals surface area contributed by atoms with Crippen LogP contribution in [-0.4, -0.2) is 59.0 Å². The van der Waals surface area contributed by atoms with Crippen LogP contribution in [0, 0.1) is 35.0 Å². The SMILES string of the molecule is C=CCCC(=O)C(=O)C(CCC)CC(=O)[C@@H]1[C@@H]2[C@H](CN1C(=O)[C@@H](NC(=O)O[C@H]1CCC[C@@H]1C)C1Cc3ccccc3C1)C2(C)C. The van der Waals surface area contributed by atoms with Gasteiger partial charge in [0.15, 0.2) is 11.6 Å². The zero-order valence-corrected chi connectivity index (χ0v) is 27.4. The smallest absolute Gasteiger partial charge is 0.408 e. The number of benzene rings is 1. The molecule has 0 bridgehead atoms. The van der Waals surface area contributed by atoms with E-state index in [1.54, 1.807) is 11.0 Å². The van der Waals surface area contributed by atoms with E-state index in [9.17, 15) is 24.0 Å². The highest BCUT2D eigenvalue weighted by Gasteiger charge is 2.69. The van der Waals surface area contributed by atoms with Crippen molar-refractivity contribution in [3.63, 3.8) is 0 Å². The zero-order valence-electron chi connectivity index (χ0n) is 27.4. The molecule has 0 spiro atoms. The summed E-state index contributed by atoms with van der Waals surface area (Å²) in [5, 5.41) is 2.97. The lowest BCUT2D eigenvalue weighted by Gasteiger charge is -2.35. The Morgan fingerprint density at radius 2 is 1.80 bits per heavy atom. The molecule has 1 aromatic carbocycles. The number of Topliss-reactive ketones (excluding diaryl/α,β-unsaturated/α-hetero) is 3. The number of amides is 2. The number of fused-ring (bicyclic) bond motifs is 2. The average Bonchev–Trinajstić information content (AvgIpc) is 3.52. The number of allylic oxidation sites excluding steroid dienone is 1. The molecule has 1 heterocycles. The second kappa shape index (κ2) is 13.6. The summed E-state index contributed by atoms with van der Waals surface area (Å²) < 4.78 is 5.83. The van der Waals surface area contributed by atoms with Gasteiger partial charge in [-0.3, -0.25) is 19.2 Å². The Balaban J connectivity index is 1.37. The predicted molar refractivity (Wildman–Crippen MR) is 171 cm³/mol. The Kier molecular flexibility index (Phi) is 10.00. The minimum absolute atomic E-state index is 0.0180. The van der Waals surface area contributed by atoms with Crippen molar-refractivity contribution in [2.24, 2.45) is 35.0 Å². The van der Waals surface area contributed by atoms with Gasteiger partial charge in [0.1, 0.15) is 12.1 Å². The van der Waals surface area contributed by atoms with Crippen LogP contribution in [0.25, 0.3) is 0 Å². The van der Waals surface area contributed by atoms with Crippen molar-refractivity contribution >= 4 is 29.4 Å². The second-order valence-electron chi connectivity index (χ2n) is 14.6. The van der Waals surface area contributed by atoms with E-state index in [1.165, 1.54) is 11.1 Å². The Hall–Kier alpha value is -3.29. The molecule has 1 saturated heterocycles. The minimum Gasteiger partial charge on any atom is -0.446 e. The van der Waals surface area contributed by atoms with Crippen molar-refractivity contribution < 1.29 is 28.7 Å². The summed E-state index contributed by atoms with van der Waals surface area (Å²) in [6.07, 6.45) is 6.56. The van der Waals surface area contributed by atoms with Gasteiger partial charge in [0, 0.05) is 25.3 Å². The number of piperidine rings is 1. The van der Waals surface area contributed by atoms with E-state index in [1.807, 2.05) is 19.1 Å². The van der Waals surface area contributed by atoms with E-state index in [-0.39, 0.29) is 59.7 Å². The van der Waals surface area contributed by atoms with Gasteiger partial charge in [-0.1, -0.05) is 64.5 Å². The largest absolute Gasteiger partial charge is 0.446 e. The van der Waals surface area contributed by atoms with Crippen molar-refractivity contribution in [2.45, 2.75) is 110 Å². The van der Waals surface area contributed by atoms with Gasteiger partial charge < -0.3 is 15.0 Å². The zero-order chi connectivity index (χ0) is 32.5. The lowest BCUT2D eigenvalue weighted by Crippen LogP contribution is -2.57.